The van der Waals surface area contributed by atoms with E-state index in [1.165, 1.54) is 12.0 Å². The Bertz CT molecular complexity index is 1580. The van der Waals surface area contributed by atoms with Crippen LogP contribution in [0.25, 0.3) is 5.69 Å². The molecule has 0 radical (unpaired) electrons. The van der Waals surface area contributed by atoms with Crippen LogP contribution in [-0.4, -0.2) is 27.8 Å². The quantitative estimate of drug-likeness (QED) is 0.231. The number of benzene rings is 2. The zero-order valence-electron chi connectivity index (χ0n) is 23.8. The summed E-state index contributed by atoms with van der Waals surface area (Å²) in [7, 11) is 0. The maximum absolute atomic E-state index is 7.03. The number of piperidine rings is 1. The lowest BCUT2D eigenvalue weighted by molar-refractivity contribution is 0.357. The van der Waals surface area contributed by atoms with Gasteiger partial charge in [-0.25, -0.2) is 0 Å². The molecule has 4 aromatic rings. The van der Waals surface area contributed by atoms with Gasteiger partial charge in [0.05, 0.1) is 28.5 Å². The van der Waals surface area contributed by atoms with Crippen LogP contribution in [0.15, 0.2) is 72.9 Å². The lowest BCUT2D eigenvalue weighted by atomic mass is 9.91. The number of nitrogens with one attached hydrogen (secondary N) is 1. The van der Waals surface area contributed by atoms with Crippen molar-refractivity contribution in [2.24, 2.45) is 11.8 Å². The summed E-state index contributed by atoms with van der Waals surface area (Å²) in [6.45, 7) is 11.0. The fourth-order valence-electron chi connectivity index (χ4n) is 6.81. The van der Waals surface area contributed by atoms with Crippen molar-refractivity contribution in [2.75, 3.05) is 22.9 Å². The minimum atomic E-state index is -0.140. The van der Waals surface area contributed by atoms with Crippen LogP contribution in [0.4, 0.5) is 11.4 Å². The second-order valence-corrected chi connectivity index (χ2v) is 12.9. The van der Waals surface area contributed by atoms with E-state index in [1.54, 1.807) is 0 Å². The molecule has 0 amide bonds. The van der Waals surface area contributed by atoms with E-state index < -0.39 is 0 Å². The maximum Gasteiger partial charge on any atom is 0.174 e. The van der Waals surface area contributed by atoms with Crippen LogP contribution in [0.5, 0.6) is 0 Å². The highest BCUT2D eigenvalue weighted by molar-refractivity contribution is 7.80. The van der Waals surface area contributed by atoms with Gasteiger partial charge in [-0.05, 0) is 104 Å². The Labute approximate surface area is 258 Å². The molecule has 41 heavy (non-hydrogen) atoms. The molecular weight excluding hydrogens is 569 g/mol. The molecule has 2 aliphatic heterocycles. The molecule has 1 N–H and O–H groups in total. The highest BCUT2D eigenvalue weighted by Crippen LogP contribution is 2.45. The van der Waals surface area contributed by atoms with Crippen LogP contribution >= 0.6 is 35.4 Å². The lowest BCUT2D eigenvalue weighted by Crippen LogP contribution is -2.38. The number of thiocarbonyl (C=S) groups is 1. The van der Waals surface area contributed by atoms with Crippen molar-refractivity contribution >= 4 is 51.9 Å². The summed E-state index contributed by atoms with van der Waals surface area (Å²) in [4.78, 5) is 9.36. The van der Waals surface area contributed by atoms with Crippen molar-refractivity contribution in [3.05, 3.63) is 106 Å². The molecule has 6 rings (SSSR count). The van der Waals surface area contributed by atoms with Crippen molar-refractivity contribution in [1.82, 2.24) is 14.9 Å². The Kier molecular flexibility index (Phi) is 7.75. The fraction of sp³-hybridized carbons (Fsp3) is 0.333. The molecule has 0 unspecified atom stereocenters. The van der Waals surface area contributed by atoms with Crippen LogP contribution in [-0.2, 0) is 0 Å². The van der Waals surface area contributed by atoms with Gasteiger partial charge in [-0.2, -0.15) is 0 Å². The number of pyridine rings is 1. The van der Waals surface area contributed by atoms with Crippen LogP contribution in [0.1, 0.15) is 55.0 Å². The SMILES string of the molecule is Cc1cc([C@@H]2[C@H](c3ccccn3)NC(=S)N2c2ccc(N3C[C@H](C)C[C@@H](C)C3)c(Cl)c2)c(C)n1-c1cccc(Cl)c1. The lowest BCUT2D eigenvalue weighted by Gasteiger charge is -2.37. The largest absolute Gasteiger partial charge is 0.370 e. The molecule has 4 heterocycles. The van der Waals surface area contributed by atoms with Crippen LogP contribution in [0.2, 0.25) is 10.0 Å². The number of halogens is 2. The zero-order chi connectivity index (χ0) is 28.8. The van der Waals surface area contributed by atoms with Crippen LogP contribution in [0.3, 0.4) is 0 Å². The number of hydrogen-bond acceptors (Lipinski definition) is 3. The standard InChI is InChI=1S/C33H35Cl2N5S/c1-20-14-21(2)19-38(18-20)30-12-11-26(17-28(30)35)40-32(31(37-33(40)41)29-10-5-6-13-36-29)27-15-22(3)39(23(27)4)25-9-7-8-24(34)16-25/h5-13,15-17,20-21,31-32H,14,18-19H2,1-4H3,(H,37,41)/t20-,21-,31+,32-/m1/s1. The van der Waals surface area contributed by atoms with Gasteiger partial charge in [0.1, 0.15) is 0 Å². The summed E-state index contributed by atoms with van der Waals surface area (Å²) in [5.41, 5.74) is 7.45. The average Bonchev–Trinajstić information content (AvgIpc) is 3.43. The Morgan fingerprint density at radius 3 is 2.37 bits per heavy atom. The molecule has 0 bridgehead atoms. The van der Waals surface area contributed by atoms with Crippen molar-refractivity contribution < 1.29 is 0 Å². The van der Waals surface area contributed by atoms with Gasteiger partial charge in [0.2, 0.25) is 0 Å². The molecule has 212 valence electrons. The number of rotatable bonds is 5. The van der Waals surface area contributed by atoms with Crippen molar-refractivity contribution in [1.29, 1.82) is 0 Å². The van der Waals surface area contributed by atoms with Gasteiger partial charge in [-0.15, -0.1) is 0 Å². The molecule has 2 aliphatic rings. The minimum absolute atomic E-state index is 0.131. The Morgan fingerprint density at radius 2 is 1.68 bits per heavy atom. The van der Waals surface area contributed by atoms with E-state index in [2.05, 4.69) is 83.8 Å². The summed E-state index contributed by atoms with van der Waals surface area (Å²) in [5.74, 6) is 1.28. The van der Waals surface area contributed by atoms with Crippen LogP contribution in [0, 0.1) is 25.7 Å². The molecule has 2 aromatic carbocycles. The number of aromatic nitrogens is 2. The van der Waals surface area contributed by atoms with E-state index in [4.69, 9.17) is 40.4 Å². The zero-order valence-corrected chi connectivity index (χ0v) is 26.1. The summed E-state index contributed by atoms with van der Waals surface area (Å²) in [5, 5.41) is 5.70. The molecule has 2 saturated heterocycles. The van der Waals surface area contributed by atoms with Gasteiger partial charge < -0.3 is 19.7 Å². The highest BCUT2D eigenvalue weighted by atomic mass is 35.5. The van der Waals surface area contributed by atoms with Gasteiger partial charge in [0, 0.05) is 47.1 Å². The van der Waals surface area contributed by atoms with Gasteiger partial charge in [-0.1, -0.05) is 49.2 Å². The van der Waals surface area contributed by atoms with E-state index in [-0.39, 0.29) is 12.1 Å². The Morgan fingerprint density at radius 1 is 0.902 bits per heavy atom. The molecule has 0 saturated carbocycles. The molecule has 0 aliphatic carbocycles. The van der Waals surface area contributed by atoms with Crippen molar-refractivity contribution in [2.45, 2.75) is 46.2 Å². The first-order valence-corrected chi connectivity index (χ1v) is 15.4. The van der Waals surface area contributed by atoms with E-state index in [1.807, 2.05) is 36.5 Å². The van der Waals surface area contributed by atoms with E-state index in [0.717, 1.165) is 52.3 Å². The molecule has 0 spiro atoms. The first-order valence-electron chi connectivity index (χ1n) is 14.2. The molecule has 2 aromatic heterocycles. The normalized spacial score (nSPS) is 22.7. The predicted molar refractivity (Wildman–Crippen MR) is 175 cm³/mol. The summed E-state index contributed by atoms with van der Waals surface area (Å²) in [6, 6.07) is 22.4. The third kappa shape index (κ3) is 5.33. The van der Waals surface area contributed by atoms with Crippen molar-refractivity contribution in [3.63, 3.8) is 0 Å². The monoisotopic (exact) mass is 603 g/mol. The average molecular weight is 605 g/mol. The van der Waals surface area contributed by atoms with Crippen LogP contribution < -0.4 is 15.1 Å². The second-order valence-electron chi connectivity index (χ2n) is 11.6. The first kappa shape index (κ1) is 28.1. The fourth-order valence-corrected chi connectivity index (χ4v) is 7.64. The number of hydrogen-bond donors (Lipinski definition) is 1. The molecular formula is C33H35Cl2N5S. The van der Waals surface area contributed by atoms with Gasteiger partial charge in [-0.3, -0.25) is 4.98 Å². The van der Waals surface area contributed by atoms with Crippen molar-refractivity contribution in [3.8, 4) is 5.69 Å². The number of anilines is 2. The first-order chi connectivity index (χ1) is 19.7. The Balaban J connectivity index is 1.44. The molecule has 2 fully saturated rings. The molecule has 5 nitrogen and oxygen atoms in total. The molecule has 4 atom stereocenters. The summed E-state index contributed by atoms with van der Waals surface area (Å²) < 4.78 is 2.25. The van der Waals surface area contributed by atoms with E-state index in [9.17, 15) is 0 Å². The van der Waals surface area contributed by atoms with E-state index in [0.29, 0.717) is 22.0 Å². The maximum atomic E-state index is 7.03. The van der Waals surface area contributed by atoms with Gasteiger partial charge >= 0.3 is 0 Å². The smallest absolute Gasteiger partial charge is 0.174 e. The molecule has 8 heteroatoms. The Hall–Kier alpha value is -3.06. The number of nitrogens with zero attached hydrogens (tertiary/aromatic N) is 4. The summed E-state index contributed by atoms with van der Waals surface area (Å²) in [6.07, 6.45) is 3.09. The predicted octanol–water partition coefficient (Wildman–Crippen LogP) is 8.46. The third-order valence-corrected chi connectivity index (χ3v) is 9.22. The van der Waals surface area contributed by atoms with Gasteiger partial charge in [0.15, 0.2) is 5.11 Å². The third-order valence-electron chi connectivity index (χ3n) is 8.37. The summed E-state index contributed by atoms with van der Waals surface area (Å²) >= 11 is 19.4. The van der Waals surface area contributed by atoms with Gasteiger partial charge in [0.25, 0.3) is 0 Å². The minimum Gasteiger partial charge on any atom is -0.370 e. The highest BCUT2D eigenvalue weighted by Gasteiger charge is 2.42. The topological polar surface area (TPSA) is 36.3 Å². The van der Waals surface area contributed by atoms with E-state index >= 15 is 0 Å². The second kappa shape index (κ2) is 11.3. The number of aryl methyl sites for hydroxylation is 1.